The lowest BCUT2D eigenvalue weighted by Gasteiger charge is -2.21. The molecule has 0 unspecified atom stereocenters. The quantitative estimate of drug-likeness (QED) is 0.454. The molecule has 0 bridgehead atoms. The van der Waals surface area contributed by atoms with Gasteiger partial charge in [-0.2, -0.15) is 4.98 Å². The summed E-state index contributed by atoms with van der Waals surface area (Å²) >= 11 is 0. The SMILES string of the molecule is COc1ccnc(N2CCCN(Cc3cc4cc(-c5cccc(F)c5)ccc4o3)CC2)n1. The minimum Gasteiger partial charge on any atom is -0.481 e. The van der Waals surface area contributed by atoms with Gasteiger partial charge in [-0.3, -0.25) is 4.90 Å². The van der Waals surface area contributed by atoms with Crippen molar-refractivity contribution in [3.8, 4) is 17.0 Å². The van der Waals surface area contributed by atoms with Crippen molar-refractivity contribution in [2.45, 2.75) is 13.0 Å². The number of hydrogen-bond donors (Lipinski definition) is 0. The number of methoxy groups -OCH3 is 1. The molecule has 5 rings (SSSR count). The average molecular weight is 432 g/mol. The van der Waals surface area contributed by atoms with Gasteiger partial charge in [-0.1, -0.05) is 18.2 Å². The number of nitrogens with zero attached hydrogens (tertiary/aromatic N) is 4. The van der Waals surface area contributed by atoms with Crippen LogP contribution in [0.3, 0.4) is 0 Å². The first-order valence-corrected chi connectivity index (χ1v) is 10.8. The predicted octanol–water partition coefficient (Wildman–Crippen LogP) is 4.75. The number of fused-ring (bicyclic) bond motifs is 1. The van der Waals surface area contributed by atoms with Crippen LogP contribution in [0.25, 0.3) is 22.1 Å². The molecule has 164 valence electrons. The number of ether oxygens (including phenoxy) is 1. The molecule has 2 aromatic carbocycles. The molecule has 0 atom stereocenters. The van der Waals surface area contributed by atoms with Crippen molar-refractivity contribution in [3.63, 3.8) is 0 Å². The Labute approximate surface area is 186 Å². The molecule has 0 amide bonds. The molecule has 2 aromatic heterocycles. The third-order valence-corrected chi connectivity index (χ3v) is 5.80. The molecule has 0 radical (unpaired) electrons. The second-order valence-electron chi connectivity index (χ2n) is 7.99. The van der Waals surface area contributed by atoms with E-state index in [1.165, 1.54) is 6.07 Å². The third kappa shape index (κ3) is 4.43. The van der Waals surface area contributed by atoms with Crippen molar-refractivity contribution in [1.29, 1.82) is 0 Å². The Hall–Kier alpha value is -3.45. The standard InChI is InChI=1S/C25H25FN4O2/c1-31-24-8-9-27-25(28-24)30-11-3-10-29(12-13-30)17-22-16-20-14-19(6-7-23(20)32-22)18-4-2-5-21(26)15-18/h2,4-9,14-16H,3,10-13,17H2,1H3. The number of anilines is 1. The number of aromatic nitrogens is 2. The summed E-state index contributed by atoms with van der Waals surface area (Å²) in [5, 5.41) is 1.03. The average Bonchev–Trinajstić information content (AvgIpc) is 3.07. The summed E-state index contributed by atoms with van der Waals surface area (Å²) < 4.78 is 24.9. The lowest BCUT2D eigenvalue weighted by molar-refractivity contribution is 0.263. The highest BCUT2D eigenvalue weighted by Crippen LogP contribution is 2.28. The minimum atomic E-state index is -0.231. The molecule has 1 aliphatic heterocycles. The van der Waals surface area contributed by atoms with Crippen LogP contribution in [0.1, 0.15) is 12.2 Å². The molecule has 32 heavy (non-hydrogen) atoms. The van der Waals surface area contributed by atoms with Crippen molar-refractivity contribution >= 4 is 16.9 Å². The molecule has 1 fully saturated rings. The van der Waals surface area contributed by atoms with E-state index in [0.717, 1.165) is 67.0 Å². The largest absolute Gasteiger partial charge is 0.481 e. The minimum absolute atomic E-state index is 0.231. The highest BCUT2D eigenvalue weighted by atomic mass is 19.1. The Morgan fingerprint density at radius 3 is 2.78 bits per heavy atom. The van der Waals surface area contributed by atoms with Gasteiger partial charge < -0.3 is 14.1 Å². The van der Waals surface area contributed by atoms with Crippen LogP contribution >= 0.6 is 0 Å². The van der Waals surface area contributed by atoms with Crippen LogP contribution < -0.4 is 9.64 Å². The molecule has 1 saturated heterocycles. The molecule has 0 aliphatic carbocycles. The highest BCUT2D eigenvalue weighted by Gasteiger charge is 2.19. The second-order valence-corrected chi connectivity index (χ2v) is 7.99. The smallest absolute Gasteiger partial charge is 0.228 e. The van der Waals surface area contributed by atoms with E-state index >= 15 is 0 Å². The molecule has 4 aromatic rings. The van der Waals surface area contributed by atoms with Gasteiger partial charge in [-0.15, -0.1) is 0 Å². The molecular formula is C25H25FN4O2. The summed E-state index contributed by atoms with van der Waals surface area (Å²) in [6.07, 6.45) is 2.75. The molecule has 0 saturated carbocycles. The Kier molecular flexibility index (Phi) is 5.73. The van der Waals surface area contributed by atoms with Crippen LogP contribution in [0, 0.1) is 5.82 Å². The third-order valence-electron chi connectivity index (χ3n) is 5.80. The molecule has 1 aliphatic rings. The maximum atomic E-state index is 13.6. The van der Waals surface area contributed by atoms with Crippen molar-refractivity contribution in [2.75, 3.05) is 38.2 Å². The van der Waals surface area contributed by atoms with Crippen molar-refractivity contribution in [1.82, 2.24) is 14.9 Å². The van der Waals surface area contributed by atoms with E-state index in [1.54, 1.807) is 31.5 Å². The van der Waals surface area contributed by atoms with E-state index in [9.17, 15) is 4.39 Å². The first kappa shape index (κ1) is 20.5. The predicted molar refractivity (Wildman–Crippen MR) is 122 cm³/mol. The van der Waals surface area contributed by atoms with E-state index in [2.05, 4.69) is 31.9 Å². The maximum absolute atomic E-state index is 13.6. The van der Waals surface area contributed by atoms with E-state index < -0.39 is 0 Å². The molecule has 6 nitrogen and oxygen atoms in total. The van der Waals surface area contributed by atoms with E-state index in [4.69, 9.17) is 9.15 Å². The van der Waals surface area contributed by atoms with E-state index in [1.807, 2.05) is 18.2 Å². The van der Waals surface area contributed by atoms with Gasteiger partial charge in [0.05, 0.1) is 13.7 Å². The summed E-state index contributed by atoms with van der Waals surface area (Å²) in [7, 11) is 1.62. The summed E-state index contributed by atoms with van der Waals surface area (Å²) in [4.78, 5) is 13.5. The zero-order valence-electron chi connectivity index (χ0n) is 18.0. The number of furan rings is 1. The second kappa shape index (κ2) is 8.96. The van der Waals surface area contributed by atoms with Gasteiger partial charge in [-0.25, -0.2) is 9.37 Å². The Balaban J connectivity index is 1.28. The zero-order chi connectivity index (χ0) is 21.9. The lowest BCUT2D eigenvalue weighted by Crippen LogP contribution is -2.31. The Bertz CT molecular complexity index is 1230. The first-order chi connectivity index (χ1) is 15.7. The van der Waals surface area contributed by atoms with Crippen LogP contribution in [-0.2, 0) is 6.54 Å². The van der Waals surface area contributed by atoms with Crippen LogP contribution in [-0.4, -0.2) is 48.2 Å². The van der Waals surface area contributed by atoms with Gasteiger partial charge in [0, 0.05) is 43.8 Å². The van der Waals surface area contributed by atoms with Crippen LogP contribution in [0.5, 0.6) is 5.88 Å². The molecule has 3 heterocycles. The number of benzene rings is 2. The van der Waals surface area contributed by atoms with E-state index in [-0.39, 0.29) is 5.82 Å². The van der Waals surface area contributed by atoms with Crippen LogP contribution in [0.2, 0.25) is 0 Å². The van der Waals surface area contributed by atoms with Gasteiger partial charge in [0.2, 0.25) is 11.8 Å². The van der Waals surface area contributed by atoms with Crippen molar-refractivity contribution in [3.05, 3.63) is 72.4 Å². The first-order valence-electron chi connectivity index (χ1n) is 10.8. The van der Waals surface area contributed by atoms with Gasteiger partial charge in [0.15, 0.2) is 0 Å². The van der Waals surface area contributed by atoms with Crippen molar-refractivity contribution in [2.24, 2.45) is 0 Å². The zero-order valence-corrected chi connectivity index (χ0v) is 18.0. The fraction of sp³-hybridized carbons (Fsp3) is 0.280. The van der Waals surface area contributed by atoms with Crippen LogP contribution in [0.15, 0.2) is 65.2 Å². The molecule has 7 heteroatoms. The van der Waals surface area contributed by atoms with Gasteiger partial charge in [-0.05, 0) is 47.9 Å². The fourth-order valence-corrected chi connectivity index (χ4v) is 4.17. The molecule has 0 N–H and O–H groups in total. The topological polar surface area (TPSA) is 54.6 Å². The lowest BCUT2D eigenvalue weighted by atomic mass is 10.0. The summed E-state index contributed by atoms with van der Waals surface area (Å²) in [5.74, 6) is 1.99. The number of rotatable bonds is 5. The number of halogens is 1. The Morgan fingerprint density at radius 2 is 1.91 bits per heavy atom. The summed E-state index contributed by atoms with van der Waals surface area (Å²) in [6, 6.07) is 16.5. The maximum Gasteiger partial charge on any atom is 0.228 e. The fourth-order valence-electron chi connectivity index (χ4n) is 4.17. The molecular weight excluding hydrogens is 407 g/mol. The van der Waals surface area contributed by atoms with Gasteiger partial charge in [0.25, 0.3) is 0 Å². The highest BCUT2D eigenvalue weighted by molar-refractivity contribution is 5.84. The number of hydrogen-bond acceptors (Lipinski definition) is 6. The van der Waals surface area contributed by atoms with Crippen LogP contribution in [0.4, 0.5) is 10.3 Å². The molecule has 0 spiro atoms. The summed E-state index contributed by atoms with van der Waals surface area (Å²) in [5.41, 5.74) is 2.69. The van der Waals surface area contributed by atoms with Gasteiger partial charge >= 0.3 is 0 Å². The van der Waals surface area contributed by atoms with E-state index in [0.29, 0.717) is 11.8 Å². The van der Waals surface area contributed by atoms with Crippen molar-refractivity contribution < 1.29 is 13.5 Å². The Morgan fingerprint density at radius 1 is 1.00 bits per heavy atom. The van der Waals surface area contributed by atoms with Gasteiger partial charge in [0.1, 0.15) is 17.2 Å². The normalized spacial score (nSPS) is 15.1. The summed E-state index contributed by atoms with van der Waals surface area (Å²) in [6.45, 7) is 4.37. The monoisotopic (exact) mass is 432 g/mol.